The van der Waals surface area contributed by atoms with E-state index in [2.05, 4.69) is 0 Å². The van der Waals surface area contributed by atoms with Gasteiger partial charge in [0.05, 0.1) is 5.56 Å². The van der Waals surface area contributed by atoms with Crippen molar-refractivity contribution in [2.45, 2.75) is 6.18 Å². The third kappa shape index (κ3) is 5.41. The SMILES string of the molecule is CN(C)C/C=C(/c1ccccc1)c1cccc(C(F)(F)F)c1.Cl. The Labute approximate surface area is 140 Å². The molecular weight excluding hydrogens is 323 g/mol. The number of hydrogen-bond acceptors (Lipinski definition) is 1. The molecule has 0 aliphatic rings. The zero-order valence-electron chi connectivity index (χ0n) is 13.0. The van der Waals surface area contributed by atoms with E-state index in [1.54, 1.807) is 6.07 Å². The summed E-state index contributed by atoms with van der Waals surface area (Å²) in [4.78, 5) is 1.97. The number of rotatable bonds is 4. The molecule has 2 aromatic rings. The Morgan fingerprint density at radius 3 is 2.13 bits per heavy atom. The molecule has 0 aliphatic carbocycles. The Kier molecular flexibility index (Phi) is 6.85. The summed E-state index contributed by atoms with van der Waals surface area (Å²) in [5, 5.41) is 0. The van der Waals surface area contributed by atoms with E-state index in [4.69, 9.17) is 0 Å². The number of benzene rings is 2. The molecule has 0 heterocycles. The van der Waals surface area contributed by atoms with Crippen LogP contribution in [0.2, 0.25) is 0 Å². The molecule has 0 aromatic heterocycles. The van der Waals surface area contributed by atoms with Gasteiger partial charge in [-0.25, -0.2) is 0 Å². The van der Waals surface area contributed by atoms with Crippen LogP contribution in [0.5, 0.6) is 0 Å². The van der Waals surface area contributed by atoms with Crippen LogP contribution in [-0.2, 0) is 6.18 Å². The van der Waals surface area contributed by atoms with Gasteiger partial charge in [0.25, 0.3) is 0 Å². The lowest BCUT2D eigenvalue weighted by molar-refractivity contribution is -0.137. The summed E-state index contributed by atoms with van der Waals surface area (Å²) in [5.41, 5.74) is 1.66. The minimum Gasteiger partial charge on any atom is -0.306 e. The maximum Gasteiger partial charge on any atom is 0.416 e. The summed E-state index contributed by atoms with van der Waals surface area (Å²) in [6, 6.07) is 14.9. The topological polar surface area (TPSA) is 3.24 Å². The molecule has 0 amide bonds. The van der Waals surface area contributed by atoms with Crippen molar-refractivity contribution in [3.63, 3.8) is 0 Å². The highest BCUT2D eigenvalue weighted by molar-refractivity contribution is 5.85. The summed E-state index contributed by atoms with van der Waals surface area (Å²) in [6.45, 7) is 0.653. The third-order valence-electron chi connectivity index (χ3n) is 3.25. The van der Waals surface area contributed by atoms with E-state index in [0.29, 0.717) is 12.1 Å². The van der Waals surface area contributed by atoms with Gasteiger partial charge in [-0.15, -0.1) is 12.4 Å². The van der Waals surface area contributed by atoms with Crippen molar-refractivity contribution in [2.75, 3.05) is 20.6 Å². The first-order chi connectivity index (χ1) is 10.4. The molecule has 0 atom stereocenters. The van der Waals surface area contributed by atoms with Crippen LogP contribution in [-0.4, -0.2) is 25.5 Å². The molecule has 1 nitrogen and oxygen atoms in total. The lowest BCUT2D eigenvalue weighted by Crippen LogP contribution is -2.11. The summed E-state index contributed by atoms with van der Waals surface area (Å²) < 4.78 is 38.8. The molecule has 5 heteroatoms. The zero-order valence-corrected chi connectivity index (χ0v) is 13.8. The standard InChI is InChI=1S/C18H18F3N.ClH/c1-22(2)12-11-17(14-7-4-3-5-8-14)15-9-6-10-16(13-15)18(19,20)21;/h3-11,13H,12H2,1-2H3;1H/b17-11-;. The van der Waals surface area contributed by atoms with Crippen LogP contribution in [0.25, 0.3) is 5.57 Å². The molecule has 2 aromatic carbocycles. The average Bonchev–Trinajstić information content (AvgIpc) is 2.48. The smallest absolute Gasteiger partial charge is 0.306 e. The van der Waals surface area contributed by atoms with E-state index in [0.717, 1.165) is 17.2 Å². The second-order valence-electron chi connectivity index (χ2n) is 5.32. The molecule has 124 valence electrons. The lowest BCUT2D eigenvalue weighted by Gasteiger charge is -2.14. The summed E-state index contributed by atoms with van der Waals surface area (Å²) >= 11 is 0. The molecule has 0 saturated carbocycles. The fourth-order valence-electron chi connectivity index (χ4n) is 2.16. The fourth-order valence-corrected chi connectivity index (χ4v) is 2.16. The molecule has 0 radical (unpaired) electrons. The minimum absolute atomic E-state index is 0. The second-order valence-corrected chi connectivity index (χ2v) is 5.32. The predicted octanol–water partition coefficient (Wildman–Crippen LogP) is 5.12. The van der Waals surface area contributed by atoms with E-state index >= 15 is 0 Å². The fraction of sp³-hybridized carbons (Fsp3) is 0.222. The molecule has 0 aliphatic heterocycles. The van der Waals surface area contributed by atoms with E-state index in [1.807, 2.05) is 55.4 Å². The van der Waals surface area contributed by atoms with Crippen molar-refractivity contribution in [1.82, 2.24) is 4.90 Å². The zero-order chi connectivity index (χ0) is 16.2. The van der Waals surface area contributed by atoms with Crippen molar-refractivity contribution >= 4 is 18.0 Å². The molecule has 2 rings (SSSR count). The average molecular weight is 342 g/mol. The van der Waals surface area contributed by atoms with Crippen LogP contribution in [0.3, 0.4) is 0 Å². The van der Waals surface area contributed by atoms with E-state index in [-0.39, 0.29) is 12.4 Å². The van der Waals surface area contributed by atoms with E-state index < -0.39 is 11.7 Å². The molecule has 0 saturated heterocycles. The monoisotopic (exact) mass is 341 g/mol. The van der Waals surface area contributed by atoms with Crippen molar-refractivity contribution < 1.29 is 13.2 Å². The Morgan fingerprint density at radius 2 is 1.57 bits per heavy atom. The van der Waals surface area contributed by atoms with Crippen LogP contribution < -0.4 is 0 Å². The summed E-state index contributed by atoms with van der Waals surface area (Å²) in [6.07, 6.45) is -2.38. The number of alkyl halides is 3. The lowest BCUT2D eigenvalue weighted by atomic mass is 9.96. The quantitative estimate of drug-likeness (QED) is 0.746. The van der Waals surface area contributed by atoms with Gasteiger partial charge in [0.2, 0.25) is 0 Å². The Balaban J connectivity index is 0.00000264. The van der Waals surface area contributed by atoms with Crippen molar-refractivity contribution in [2.24, 2.45) is 0 Å². The van der Waals surface area contributed by atoms with Crippen molar-refractivity contribution in [3.05, 3.63) is 77.4 Å². The van der Waals surface area contributed by atoms with Gasteiger partial charge in [-0.2, -0.15) is 13.2 Å². The normalized spacial score (nSPS) is 12.2. The Morgan fingerprint density at radius 1 is 0.957 bits per heavy atom. The van der Waals surface area contributed by atoms with Crippen LogP contribution in [0.15, 0.2) is 60.7 Å². The van der Waals surface area contributed by atoms with Crippen LogP contribution >= 0.6 is 12.4 Å². The number of halogens is 4. The van der Waals surface area contributed by atoms with Crippen molar-refractivity contribution in [1.29, 1.82) is 0 Å². The molecule has 0 fully saturated rings. The summed E-state index contributed by atoms with van der Waals surface area (Å²) in [7, 11) is 3.84. The molecule has 0 unspecified atom stereocenters. The van der Waals surface area contributed by atoms with Crippen LogP contribution in [0.4, 0.5) is 13.2 Å². The van der Waals surface area contributed by atoms with Crippen molar-refractivity contribution in [3.8, 4) is 0 Å². The third-order valence-corrected chi connectivity index (χ3v) is 3.25. The highest BCUT2D eigenvalue weighted by atomic mass is 35.5. The van der Waals surface area contributed by atoms with Gasteiger partial charge >= 0.3 is 6.18 Å². The first-order valence-corrected chi connectivity index (χ1v) is 6.96. The first kappa shape index (κ1) is 19.3. The minimum atomic E-state index is -4.33. The highest BCUT2D eigenvalue weighted by Crippen LogP contribution is 2.32. The van der Waals surface area contributed by atoms with Gasteiger partial charge in [0.1, 0.15) is 0 Å². The van der Waals surface area contributed by atoms with Gasteiger partial charge in [0.15, 0.2) is 0 Å². The van der Waals surface area contributed by atoms with E-state index in [1.165, 1.54) is 12.1 Å². The van der Waals surface area contributed by atoms with Gasteiger partial charge in [-0.3, -0.25) is 0 Å². The molecule has 23 heavy (non-hydrogen) atoms. The van der Waals surface area contributed by atoms with Gasteiger partial charge < -0.3 is 4.90 Å². The number of hydrogen-bond donors (Lipinski definition) is 0. The first-order valence-electron chi connectivity index (χ1n) is 6.96. The highest BCUT2D eigenvalue weighted by Gasteiger charge is 2.30. The maximum absolute atomic E-state index is 12.9. The largest absolute Gasteiger partial charge is 0.416 e. The Hall–Kier alpha value is -1.78. The van der Waals surface area contributed by atoms with E-state index in [9.17, 15) is 13.2 Å². The number of nitrogens with zero attached hydrogens (tertiary/aromatic N) is 1. The van der Waals surface area contributed by atoms with Gasteiger partial charge in [-0.05, 0) is 42.9 Å². The molecular formula is C18H19ClF3N. The maximum atomic E-state index is 12.9. The molecule has 0 bridgehead atoms. The predicted molar refractivity (Wildman–Crippen MR) is 90.8 cm³/mol. The van der Waals surface area contributed by atoms with Gasteiger partial charge in [0, 0.05) is 6.54 Å². The van der Waals surface area contributed by atoms with Crippen LogP contribution in [0.1, 0.15) is 16.7 Å². The molecule has 0 N–H and O–H groups in total. The molecule has 0 spiro atoms. The summed E-state index contributed by atoms with van der Waals surface area (Å²) in [5.74, 6) is 0. The number of likely N-dealkylation sites (N-methyl/N-ethyl adjacent to an activating group) is 1. The van der Waals surface area contributed by atoms with Gasteiger partial charge in [-0.1, -0.05) is 48.5 Å². The second kappa shape index (κ2) is 8.18. The Bertz CT molecular complexity index is 649. The van der Waals surface area contributed by atoms with Crippen LogP contribution in [0, 0.1) is 0 Å².